The zero-order chi connectivity index (χ0) is 16.1. The van der Waals surface area contributed by atoms with Crippen molar-refractivity contribution in [3.05, 3.63) is 54.1 Å². The zero-order valence-corrected chi connectivity index (χ0v) is 13.3. The molecule has 3 aliphatic rings. The molecule has 5 atom stereocenters. The number of aliphatic hydroxyl groups is 1. The molecule has 1 aromatic carbocycles. The lowest BCUT2D eigenvalue weighted by molar-refractivity contribution is -0.166. The largest absolute Gasteiger partial charge is 0.389 e. The highest BCUT2D eigenvalue weighted by atomic mass is 16.7. The number of imidazole rings is 1. The van der Waals surface area contributed by atoms with Gasteiger partial charge in [-0.2, -0.15) is 0 Å². The van der Waals surface area contributed by atoms with Crippen molar-refractivity contribution in [2.24, 2.45) is 0 Å². The van der Waals surface area contributed by atoms with Gasteiger partial charge in [0.25, 0.3) is 0 Å². The Morgan fingerprint density at radius 3 is 2.71 bits per heavy atom. The van der Waals surface area contributed by atoms with E-state index in [1.165, 1.54) is 11.1 Å². The van der Waals surface area contributed by atoms with Crippen molar-refractivity contribution in [3.8, 4) is 0 Å². The zero-order valence-electron chi connectivity index (χ0n) is 13.3. The Labute approximate surface area is 140 Å². The molecular weight excluding hydrogens is 306 g/mol. The summed E-state index contributed by atoms with van der Waals surface area (Å²) in [6.45, 7) is 0.518. The van der Waals surface area contributed by atoms with Gasteiger partial charge in [0, 0.05) is 18.4 Å². The highest BCUT2D eigenvalue weighted by Crippen LogP contribution is 2.36. The van der Waals surface area contributed by atoms with Crippen molar-refractivity contribution in [1.82, 2.24) is 14.9 Å². The molecule has 1 aliphatic carbocycles. The summed E-state index contributed by atoms with van der Waals surface area (Å²) in [6.07, 6.45) is 6.17. The average molecular weight is 327 g/mol. The Hall–Kier alpha value is -1.73. The SMILES string of the molecule is OC1C(NC2Cc3ccccc3C2)C2COC(O2)C1n1ccnc1. The smallest absolute Gasteiger partial charge is 0.181 e. The van der Waals surface area contributed by atoms with E-state index >= 15 is 0 Å². The van der Waals surface area contributed by atoms with E-state index in [1.54, 1.807) is 12.5 Å². The lowest BCUT2D eigenvalue weighted by atomic mass is 9.94. The minimum absolute atomic E-state index is 0.103. The number of aliphatic hydroxyl groups excluding tert-OH is 1. The van der Waals surface area contributed by atoms with Gasteiger partial charge in [-0.3, -0.25) is 0 Å². The first-order valence-electron chi connectivity index (χ1n) is 8.55. The summed E-state index contributed by atoms with van der Waals surface area (Å²) < 4.78 is 13.7. The maximum atomic E-state index is 11.0. The Balaban J connectivity index is 1.36. The Kier molecular flexibility index (Phi) is 3.45. The van der Waals surface area contributed by atoms with Crippen molar-refractivity contribution < 1.29 is 14.6 Å². The second-order valence-corrected chi connectivity index (χ2v) is 6.93. The van der Waals surface area contributed by atoms with Gasteiger partial charge in [0.1, 0.15) is 12.1 Å². The van der Waals surface area contributed by atoms with Crippen LogP contribution in [0.15, 0.2) is 43.0 Å². The van der Waals surface area contributed by atoms with Crippen LogP contribution in [0.2, 0.25) is 0 Å². The molecule has 5 unspecified atom stereocenters. The predicted octanol–water partition coefficient (Wildman–Crippen LogP) is 0.666. The minimum Gasteiger partial charge on any atom is -0.389 e. The molecule has 6 heteroatoms. The van der Waals surface area contributed by atoms with Gasteiger partial charge in [0.15, 0.2) is 6.29 Å². The first kappa shape index (κ1) is 14.6. The van der Waals surface area contributed by atoms with Crippen LogP contribution in [0.1, 0.15) is 17.2 Å². The third-order valence-corrected chi connectivity index (χ3v) is 5.48. The van der Waals surface area contributed by atoms with E-state index < -0.39 is 12.4 Å². The van der Waals surface area contributed by atoms with Gasteiger partial charge in [-0.25, -0.2) is 4.98 Å². The first-order chi connectivity index (χ1) is 11.8. The topological polar surface area (TPSA) is 68.5 Å². The molecule has 2 N–H and O–H groups in total. The molecule has 0 amide bonds. The second-order valence-electron chi connectivity index (χ2n) is 6.93. The van der Waals surface area contributed by atoms with Crippen molar-refractivity contribution in [2.45, 2.75) is 49.5 Å². The maximum Gasteiger partial charge on any atom is 0.181 e. The fourth-order valence-electron chi connectivity index (χ4n) is 4.32. The van der Waals surface area contributed by atoms with Gasteiger partial charge in [0.05, 0.1) is 25.1 Å². The van der Waals surface area contributed by atoms with Crippen molar-refractivity contribution >= 4 is 0 Å². The monoisotopic (exact) mass is 327 g/mol. The molecule has 24 heavy (non-hydrogen) atoms. The highest BCUT2D eigenvalue weighted by molar-refractivity contribution is 5.33. The third-order valence-electron chi connectivity index (χ3n) is 5.48. The highest BCUT2D eigenvalue weighted by Gasteiger charge is 2.51. The molecule has 1 aromatic heterocycles. The number of aromatic nitrogens is 2. The molecular formula is C18H21N3O3. The minimum atomic E-state index is -0.575. The lowest BCUT2D eigenvalue weighted by Gasteiger charge is -2.40. The fraction of sp³-hybridized carbons (Fsp3) is 0.500. The summed E-state index contributed by atoms with van der Waals surface area (Å²) in [5.74, 6) is 0. The third kappa shape index (κ3) is 2.29. The fourth-order valence-corrected chi connectivity index (χ4v) is 4.32. The van der Waals surface area contributed by atoms with Gasteiger partial charge in [-0.15, -0.1) is 0 Å². The Bertz CT molecular complexity index is 695. The summed E-state index contributed by atoms with van der Waals surface area (Å²) in [5, 5.41) is 14.6. The van der Waals surface area contributed by atoms with Crippen LogP contribution in [0, 0.1) is 0 Å². The standard InChI is InChI=1S/C18H21N3O3/c22-17-15(20-13-7-11-3-1-2-4-12(11)8-13)14-9-23-18(24-14)16(17)21-6-5-19-10-21/h1-6,10,13-18,20,22H,7-9H2. The summed E-state index contributed by atoms with van der Waals surface area (Å²) in [5.41, 5.74) is 2.79. The van der Waals surface area contributed by atoms with Crippen molar-refractivity contribution in [2.75, 3.05) is 6.61 Å². The number of hydrogen-bond acceptors (Lipinski definition) is 5. The molecule has 3 heterocycles. The molecule has 2 aromatic rings. The van der Waals surface area contributed by atoms with Gasteiger partial charge < -0.3 is 24.5 Å². The number of hydrogen-bond donors (Lipinski definition) is 2. The first-order valence-corrected chi connectivity index (χ1v) is 8.55. The van der Waals surface area contributed by atoms with E-state index in [0.717, 1.165) is 12.8 Å². The molecule has 6 nitrogen and oxygen atoms in total. The van der Waals surface area contributed by atoms with Gasteiger partial charge >= 0.3 is 0 Å². The van der Waals surface area contributed by atoms with Gasteiger partial charge in [0.2, 0.25) is 0 Å². The Morgan fingerprint density at radius 1 is 1.21 bits per heavy atom. The van der Waals surface area contributed by atoms with Crippen LogP contribution in [0.4, 0.5) is 0 Å². The second kappa shape index (κ2) is 5.67. The van der Waals surface area contributed by atoms with E-state index in [-0.39, 0.29) is 18.2 Å². The molecule has 0 radical (unpaired) electrons. The van der Waals surface area contributed by atoms with Crippen LogP contribution in [-0.4, -0.2) is 51.8 Å². The van der Waals surface area contributed by atoms with E-state index in [2.05, 4.69) is 34.6 Å². The van der Waals surface area contributed by atoms with Crippen LogP contribution in [-0.2, 0) is 22.3 Å². The van der Waals surface area contributed by atoms with Crippen molar-refractivity contribution in [3.63, 3.8) is 0 Å². The van der Waals surface area contributed by atoms with Crippen LogP contribution < -0.4 is 5.32 Å². The molecule has 2 aliphatic heterocycles. The van der Waals surface area contributed by atoms with E-state index in [4.69, 9.17) is 9.47 Å². The van der Waals surface area contributed by atoms with E-state index in [9.17, 15) is 5.11 Å². The molecule has 2 fully saturated rings. The Morgan fingerprint density at radius 2 is 2.00 bits per heavy atom. The van der Waals surface area contributed by atoms with Crippen molar-refractivity contribution in [1.29, 1.82) is 0 Å². The summed E-state index contributed by atoms with van der Waals surface area (Å²) in [7, 11) is 0. The molecule has 0 spiro atoms. The predicted molar refractivity (Wildman–Crippen MR) is 86.4 cm³/mol. The van der Waals surface area contributed by atoms with Crippen LogP contribution in [0.5, 0.6) is 0 Å². The number of fused-ring (bicyclic) bond motifs is 3. The van der Waals surface area contributed by atoms with Gasteiger partial charge in [-0.1, -0.05) is 24.3 Å². The average Bonchev–Trinajstić information content (AvgIpc) is 3.32. The van der Waals surface area contributed by atoms with Crippen LogP contribution in [0.3, 0.4) is 0 Å². The summed E-state index contributed by atoms with van der Waals surface area (Å²) in [4.78, 5) is 4.09. The number of rotatable bonds is 3. The summed E-state index contributed by atoms with van der Waals surface area (Å²) >= 11 is 0. The van der Waals surface area contributed by atoms with E-state index in [0.29, 0.717) is 12.6 Å². The molecule has 2 saturated heterocycles. The molecule has 2 bridgehead atoms. The number of ether oxygens (including phenoxy) is 2. The maximum absolute atomic E-state index is 11.0. The quantitative estimate of drug-likeness (QED) is 0.867. The summed E-state index contributed by atoms with van der Waals surface area (Å²) in [6, 6.07) is 8.46. The molecule has 0 saturated carbocycles. The normalized spacial score (nSPS) is 35.3. The number of nitrogens with one attached hydrogen (secondary N) is 1. The lowest BCUT2D eigenvalue weighted by Crippen LogP contribution is -2.59. The molecule has 5 rings (SSSR count). The molecule has 126 valence electrons. The van der Waals surface area contributed by atoms with Crippen LogP contribution >= 0.6 is 0 Å². The van der Waals surface area contributed by atoms with Gasteiger partial charge in [-0.05, 0) is 24.0 Å². The number of nitrogens with zero attached hydrogens (tertiary/aromatic N) is 2. The van der Waals surface area contributed by atoms with E-state index in [1.807, 2.05) is 10.8 Å². The number of benzene rings is 1. The van der Waals surface area contributed by atoms with Crippen LogP contribution in [0.25, 0.3) is 0 Å².